The highest BCUT2D eigenvalue weighted by Gasteiger charge is 2.15. The molecular formula is C19H21NO4S. The van der Waals surface area contributed by atoms with Crippen molar-refractivity contribution in [2.45, 2.75) is 19.4 Å². The molecule has 2 aromatic rings. The van der Waals surface area contributed by atoms with Crippen molar-refractivity contribution in [2.75, 3.05) is 13.7 Å². The van der Waals surface area contributed by atoms with Crippen molar-refractivity contribution in [1.82, 2.24) is 5.32 Å². The van der Waals surface area contributed by atoms with E-state index in [1.807, 2.05) is 41.1 Å². The summed E-state index contributed by atoms with van der Waals surface area (Å²) in [5.41, 5.74) is 2.02. The molecule has 1 atom stereocenters. The summed E-state index contributed by atoms with van der Waals surface area (Å²) >= 11 is 1.54. The summed E-state index contributed by atoms with van der Waals surface area (Å²) in [5, 5.41) is 6.60. The van der Waals surface area contributed by atoms with Gasteiger partial charge in [-0.25, -0.2) is 4.79 Å². The minimum absolute atomic E-state index is 0.314. The highest BCUT2D eigenvalue weighted by atomic mass is 32.1. The van der Waals surface area contributed by atoms with Gasteiger partial charge in [-0.3, -0.25) is 4.79 Å². The number of esters is 1. The minimum atomic E-state index is -0.838. The zero-order valence-electron chi connectivity index (χ0n) is 14.2. The van der Waals surface area contributed by atoms with Gasteiger partial charge in [-0.1, -0.05) is 12.1 Å². The normalized spacial score (nSPS) is 11.9. The van der Waals surface area contributed by atoms with Gasteiger partial charge in [0.1, 0.15) is 5.75 Å². The van der Waals surface area contributed by atoms with E-state index in [0.29, 0.717) is 13.0 Å². The summed E-state index contributed by atoms with van der Waals surface area (Å²) < 4.78 is 10.2. The molecule has 0 aliphatic heterocycles. The third-order valence-corrected chi connectivity index (χ3v) is 4.19. The SMILES string of the molecule is COc1ccc(CCNC(=O)[C@@H](C)OC(=O)/C=C/c2ccsc2)cc1. The molecule has 1 N–H and O–H groups in total. The lowest BCUT2D eigenvalue weighted by molar-refractivity contribution is -0.150. The fraction of sp³-hybridized carbons (Fsp3) is 0.263. The van der Waals surface area contributed by atoms with Crippen LogP contribution in [-0.4, -0.2) is 31.6 Å². The summed E-state index contributed by atoms with van der Waals surface area (Å²) in [6.07, 6.45) is 2.83. The Balaban J connectivity index is 1.71. The molecule has 1 aromatic heterocycles. The molecule has 0 saturated heterocycles. The van der Waals surface area contributed by atoms with Crippen LogP contribution < -0.4 is 10.1 Å². The van der Waals surface area contributed by atoms with Crippen LogP contribution in [0.3, 0.4) is 0 Å². The maximum absolute atomic E-state index is 12.0. The van der Waals surface area contributed by atoms with E-state index in [1.165, 1.54) is 6.08 Å². The van der Waals surface area contributed by atoms with E-state index < -0.39 is 12.1 Å². The number of hydrogen-bond acceptors (Lipinski definition) is 5. The molecule has 25 heavy (non-hydrogen) atoms. The van der Waals surface area contributed by atoms with E-state index in [4.69, 9.17) is 9.47 Å². The first-order chi connectivity index (χ1) is 12.1. The van der Waals surface area contributed by atoms with Gasteiger partial charge < -0.3 is 14.8 Å². The number of amides is 1. The molecule has 6 heteroatoms. The minimum Gasteiger partial charge on any atom is -0.497 e. The second-order valence-corrected chi connectivity index (χ2v) is 6.14. The number of rotatable bonds is 8. The maximum Gasteiger partial charge on any atom is 0.331 e. The van der Waals surface area contributed by atoms with E-state index in [2.05, 4.69) is 5.32 Å². The average Bonchev–Trinajstić information content (AvgIpc) is 3.14. The van der Waals surface area contributed by atoms with Crippen molar-refractivity contribution in [2.24, 2.45) is 0 Å². The summed E-state index contributed by atoms with van der Waals surface area (Å²) in [4.78, 5) is 23.7. The molecule has 2 rings (SSSR count). The molecule has 5 nitrogen and oxygen atoms in total. The molecule has 0 radical (unpaired) electrons. The fourth-order valence-electron chi connectivity index (χ4n) is 2.07. The Morgan fingerprint density at radius 3 is 2.64 bits per heavy atom. The van der Waals surface area contributed by atoms with Crippen molar-refractivity contribution in [3.8, 4) is 5.75 Å². The molecular weight excluding hydrogens is 338 g/mol. The predicted molar refractivity (Wildman–Crippen MR) is 98.6 cm³/mol. The van der Waals surface area contributed by atoms with E-state index in [9.17, 15) is 9.59 Å². The van der Waals surface area contributed by atoms with Gasteiger partial charge in [0, 0.05) is 12.6 Å². The number of ether oxygens (including phenoxy) is 2. The number of benzene rings is 1. The summed E-state index contributed by atoms with van der Waals surface area (Å²) in [6, 6.07) is 9.54. The largest absolute Gasteiger partial charge is 0.497 e. The van der Waals surface area contributed by atoms with E-state index in [-0.39, 0.29) is 5.91 Å². The van der Waals surface area contributed by atoms with Crippen molar-refractivity contribution in [1.29, 1.82) is 0 Å². The Labute approximate surface area is 151 Å². The Bertz CT molecular complexity index is 708. The first kappa shape index (κ1) is 18.7. The molecule has 1 amide bonds. The van der Waals surface area contributed by atoms with Gasteiger partial charge in [-0.15, -0.1) is 0 Å². The monoisotopic (exact) mass is 359 g/mol. The van der Waals surface area contributed by atoms with Crippen LogP contribution in [0.1, 0.15) is 18.1 Å². The molecule has 0 saturated carbocycles. The van der Waals surface area contributed by atoms with E-state index in [1.54, 1.807) is 31.4 Å². The van der Waals surface area contributed by atoms with Crippen LogP contribution in [-0.2, 0) is 20.7 Å². The Morgan fingerprint density at radius 1 is 1.24 bits per heavy atom. The van der Waals surface area contributed by atoms with Crippen LogP contribution in [0.4, 0.5) is 0 Å². The highest BCUT2D eigenvalue weighted by molar-refractivity contribution is 7.08. The Hall–Kier alpha value is -2.60. The third kappa shape index (κ3) is 6.43. The average molecular weight is 359 g/mol. The van der Waals surface area contributed by atoms with Gasteiger partial charge >= 0.3 is 5.97 Å². The lowest BCUT2D eigenvalue weighted by Crippen LogP contribution is -2.36. The standard InChI is InChI=1S/C19H21NO4S/c1-14(24-18(21)8-5-16-10-12-25-13-16)19(22)20-11-9-15-3-6-17(23-2)7-4-15/h3-8,10,12-14H,9,11H2,1-2H3,(H,20,22)/b8-5+/t14-/m1/s1. The number of hydrogen-bond donors (Lipinski definition) is 1. The van der Waals surface area contributed by atoms with Crippen LogP contribution >= 0.6 is 11.3 Å². The second kappa shape index (κ2) is 9.64. The molecule has 0 aliphatic carbocycles. The second-order valence-electron chi connectivity index (χ2n) is 5.36. The van der Waals surface area contributed by atoms with Gasteiger partial charge in [0.25, 0.3) is 5.91 Å². The molecule has 0 unspecified atom stereocenters. The lowest BCUT2D eigenvalue weighted by atomic mass is 10.1. The van der Waals surface area contributed by atoms with Gasteiger partial charge in [0.05, 0.1) is 7.11 Å². The zero-order valence-corrected chi connectivity index (χ0v) is 15.0. The summed E-state index contributed by atoms with van der Waals surface area (Å²) in [5.74, 6) is -0.0568. The van der Waals surface area contributed by atoms with E-state index >= 15 is 0 Å². The Kier molecular flexibility index (Phi) is 7.22. The molecule has 1 heterocycles. The van der Waals surface area contributed by atoms with Gasteiger partial charge in [0.2, 0.25) is 0 Å². The first-order valence-electron chi connectivity index (χ1n) is 7.90. The summed E-state index contributed by atoms with van der Waals surface area (Å²) in [7, 11) is 1.62. The number of carbonyl (C=O) groups is 2. The number of nitrogens with one attached hydrogen (secondary N) is 1. The maximum atomic E-state index is 12.0. The van der Waals surface area contributed by atoms with Crippen molar-refractivity contribution >= 4 is 29.3 Å². The van der Waals surface area contributed by atoms with Gasteiger partial charge in [-0.2, -0.15) is 11.3 Å². The van der Waals surface area contributed by atoms with Crippen LogP contribution in [0, 0.1) is 0 Å². The topological polar surface area (TPSA) is 64.6 Å². The van der Waals surface area contributed by atoms with E-state index in [0.717, 1.165) is 16.9 Å². The van der Waals surface area contributed by atoms with Gasteiger partial charge in [-0.05, 0) is 59.5 Å². The van der Waals surface area contributed by atoms with Gasteiger partial charge in [0.15, 0.2) is 6.10 Å². The summed E-state index contributed by atoms with van der Waals surface area (Å²) in [6.45, 7) is 2.02. The molecule has 0 fully saturated rings. The molecule has 0 aliphatic rings. The Morgan fingerprint density at radius 2 is 2.00 bits per heavy atom. The predicted octanol–water partition coefficient (Wildman–Crippen LogP) is 3.06. The molecule has 0 bridgehead atoms. The quantitative estimate of drug-likeness (QED) is 0.581. The van der Waals surface area contributed by atoms with Crippen molar-refractivity contribution in [3.05, 3.63) is 58.3 Å². The number of thiophene rings is 1. The highest BCUT2D eigenvalue weighted by Crippen LogP contribution is 2.11. The molecule has 0 spiro atoms. The zero-order chi connectivity index (χ0) is 18.1. The van der Waals surface area contributed by atoms with Crippen LogP contribution in [0.15, 0.2) is 47.2 Å². The molecule has 132 valence electrons. The van der Waals surface area contributed by atoms with Crippen LogP contribution in [0.2, 0.25) is 0 Å². The van der Waals surface area contributed by atoms with Crippen molar-refractivity contribution in [3.63, 3.8) is 0 Å². The molecule has 1 aromatic carbocycles. The number of methoxy groups -OCH3 is 1. The van der Waals surface area contributed by atoms with Crippen molar-refractivity contribution < 1.29 is 19.1 Å². The third-order valence-electron chi connectivity index (χ3n) is 3.49. The lowest BCUT2D eigenvalue weighted by Gasteiger charge is -2.12. The van der Waals surface area contributed by atoms with Crippen LogP contribution in [0.5, 0.6) is 5.75 Å². The fourth-order valence-corrected chi connectivity index (χ4v) is 2.70. The first-order valence-corrected chi connectivity index (χ1v) is 8.84. The van der Waals surface area contributed by atoms with Crippen LogP contribution in [0.25, 0.3) is 6.08 Å². The smallest absolute Gasteiger partial charge is 0.331 e. The number of carbonyl (C=O) groups excluding carboxylic acids is 2.